The molecule has 1 aliphatic heterocycles. The number of amides is 3. The van der Waals surface area contributed by atoms with Crippen molar-refractivity contribution in [1.29, 1.82) is 0 Å². The highest BCUT2D eigenvalue weighted by Crippen LogP contribution is 2.30. The Morgan fingerprint density at radius 3 is 2.37 bits per heavy atom. The van der Waals surface area contributed by atoms with Gasteiger partial charge in [0.25, 0.3) is 15.9 Å². The SMILES string of the molecule is CC[C@@H](C(=O)NC1CCCC1)N(CCc1ccccc1)C(=O)CN1C(=O)c2ccccc2S1(=O)=O. The molecule has 186 valence electrons. The Labute approximate surface area is 206 Å². The van der Waals surface area contributed by atoms with Gasteiger partial charge >= 0.3 is 0 Å². The lowest BCUT2D eigenvalue weighted by molar-refractivity contribution is -0.140. The van der Waals surface area contributed by atoms with E-state index in [0.717, 1.165) is 31.2 Å². The van der Waals surface area contributed by atoms with E-state index in [9.17, 15) is 22.8 Å². The van der Waals surface area contributed by atoms with Crippen molar-refractivity contribution in [3.63, 3.8) is 0 Å². The molecule has 1 aliphatic carbocycles. The third kappa shape index (κ3) is 5.24. The quantitative estimate of drug-likeness (QED) is 0.574. The molecule has 0 saturated heterocycles. The number of carbonyl (C=O) groups excluding carboxylic acids is 3. The Balaban J connectivity index is 1.56. The molecule has 3 amide bonds. The third-order valence-electron chi connectivity index (χ3n) is 6.76. The lowest BCUT2D eigenvalue weighted by atomic mass is 10.1. The molecule has 2 aliphatic rings. The van der Waals surface area contributed by atoms with Crippen LogP contribution in [0.5, 0.6) is 0 Å². The van der Waals surface area contributed by atoms with Gasteiger partial charge in [0.15, 0.2) is 0 Å². The molecular weight excluding hydrogens is 466 g/mol. The molecule has 1 atom stereocenters. The summed E-state index contributed by atoms with van der Waals surface area (Å²) in [4.78, 5) is 40.9. The average Bonchev–Trinajstić information content (AvgIpc) is 3.43. The zero-order chi connectivity index (χ0) is 25.0. The Hall–Kier alpha value is -3.20. The maximum atomic E-state index is 13.5. The smallest absolute Gasteiger partial charge is 0.269 e. The van der Waals surface area contributed by atoms with Crippen LogP contribution in [0.25, 0.3) is 0 Å². The molecule has 2 aromatic carbocycles. The molecule has 0 aromatic heterocycles. The van der Waals surface area contributed by atoms with Crippen LogP contribution >= 0.6 is 0 Å². The highest BCUT2D eigenvalue weighted by molar-refractivity contribution is 7.90. The minimum absolute atomic E-state index is 0.0575. The zero-order valence-electron chi connectivity index (χ0n) is 19.9. The highest BCUT2D eigenvalue weighted by atomic mass is 32.2. The van der Waals surface area contributed by atoms with Gasteiger partial charge in [-0.15, -0.1) is 0 Å². The predicted octanol–water partition coefficient (Wildman–Crippen LogP) is 2.74. The van der Waals surface area contributed by atoms with E-state index in [4.69, 9.17) is 0 Å². The number of fused-ring (bicyclic) bond motifs is 1. The summed E-state index contributed by atoms with van der Waals surface area (Å²) in [5.74, 6) is -1.53. The van der Waals surface area contributed by atoms with Gasteiger partial charge in [-0.25, -0.2) is 12.7 Å². The van der Waals surface area contributed by atoms with E-state index >= 15 is 0 Å². The molecule has 1 N–H and O–H groups in total. The summed E-state index contributed by atoms with van der Waals surface area (Å²) >= 11 is 0. The monoisotopic (exact) mass is 497 g/mol. The molecule has 2 aromatic rings. The van der Waals surface area contributed by atoms with Crippen LogP contribution in [0.2, 0.25) is 0 Å². The summed E-state index contributed by atoms with van der Waals surface area (Å²) in [7, 11) is -4.13. The summed E-state index contributed by atoms with van der Waals surface area (Å²) in [5.41, 5.74) is 1.05. The van der Waals surface area contributed by atoms with Gasteiger partial charge in [-0.2, -0.15) is 0 Å². The number of sulfonamides is 1. The maximum absolute atomic E-state index is 13.5. The van der Waals surface area contributed by atoms with Crippen molar-refractivity contribution < 1.29 is 22.8 Å². The second kappa shape index (κ2) is 10.6. The van der Waals surface area contributed by atoms with Crippen molar-refractivity contribution in [3.05, 3.63) is 65.7 Å². The first-order chi connectivity index (χ1) is 16.8. The minimum Gasteiger partial charge on any atom is -0.352 e. The number of benzene rings is 2. The first-order valence-electron chi connectivity index (χ1n) is 12.1. The molecule has 9 heteroatoms. The largest absolute Gasteiger partial charge is 0.352 e. The normalized spacial score (nSPS) is 17.7. The van der Waals surface area contributed by atoms with Crippen LogP contribution in [-0.4, -0.2) is 60.5 Å². The molecule has 1 fully saturated rings. The van der Waals surface area contributed by atoms with Gasteiger partial charge in [0, 0.05) is 12.6 Å². The van der Waals surface area contributed by atoms with Crippen molar-refractivity contribution in [3.8, 4) is 0 Å². The number of rotatable bonds is 9. The molecule has 1 saturated carbocycles. The predicted molar refractivity (Wildman–Crippen MR) is 131 cm³/mol. The Morgan fingerprint density at radius 1 is 1.06 bits per heavy atom. The second-order valence-corrected chi connectivity index (χ2v) is 10.9. The third-order valence-corrected chi connectivity index (χ3v) is 8.55. The number of nitrogens with one attached hydrogen (secondary N) is 1. The minimum atomic E-state index is -4.13. The standard InChI is InChI=1S/C26H31N3O5S/c1-2-22(25(31)27-20-12-6-7-13-20)28(17-16-19-10-4-3-5-11-19)24(30)18-29-26(32)21-14-8-9-15-23(21)35(29,33)34/h3-5,8-11,14-15,20,22H,2,6-7,12-13,16-18H2,1H3,(H,27,31)/t22-/m0/s1. The molecule has 1 heterocycles. The van der Waals surface area contributed by atoms with E-state index in [-0.39, 0.29) is 29.0 Å². The van der Waals surface area contributed by atoms with Crippen LogP contribution in [0.15, 0.2) is 59.5 Å². The molecule has 0 radical (unpaired) electrons. The summed E-state index contributed by atoms with van der Waals surface area (Å²) in [5, 5.41) is 3.06. The van der Waals surface area contributed by atoms with Crippen molar-refractivity contribution in [2.45, 2.75) is 62.4 Å². The van der Waals surface area contributed by atoms with Crippen molar-refractivity contribution in [1.82, 2.24) is 14.5 Å². The zero-order valence-corrected chi connectivity index (χ0v) is 20.7. The summed E-state index contributed by atoms with van der Waals surface area (Å²) in [6.45, 7) is 1.42. The second-order valence-electron chi connectivity index (χ2n) is 9.05. The fourth-order valence-corrected chi connectivity index (χ4v) is 6.38. The number of hydrogen-bond donors (Lipinski definition) is 1. The lowest BCUT2D eigenvalue weighted by Crippen LogP contribution is -2.54. The highest BCUT2D eigenvalue weighted by Gasteiger charge is 2.43. The van der Waals surface area contributed by atoms with Crippen molar-refractivity contribution >= 4 is 27.7 Å². The van der Waals surface area contributed by atoms with Crippen LogP contribution in [0.4, 0.5) is 0 Å². The van der Waals surface area contributed by atoms with E-state index in [0.29, 0.717) is 17.1 Å². The van der Waals surface area contributed by atoms with E-state index < -0.39 is 34.4 Å². The molecule has 0 unspecified atom stereocenters. The number of carbonyl (C=O) groups is 3. The molecule has 4 rings (SSSR count). The first-order valence-corrected chi connectivity index (χ1v) is 13.6. The summed E-state index contributed by atoms with van der Waals surface area (Å²) < 4.78 is 26.6. The summed E-state index contributed by atoms with van der Waals surface area (Å²) in [6, 6.07) is 14.9. The van der Waals surface area contributed by atoms with Crippen LogP contribution < -0.4 is 5.32 Å². The number of nitrogens with zero attached hydrogens (tertiary/aromatic N) is 2. The Morgan fingerprint density at radius 2 is 1.71 bits per heavy atom. The topological polar surface area (TPSA) is 104 Å². The van der Waals surface area contributed by atoms with Gasteiger partial charge < -0.3 is 10.2 Å². The lowest BCUT2D eigenvalue weighted by Gasteiger charge is -2.32. The van der Waals surface area contributed by atoms with Gasteiger partial charge in [0.1, 0.15) is 17.5 Å². The first kappa shape index (κ1) is 24.9. The molecular formula is C26H31N3O5S. The average molecular weight is 498 g/mol. The van der Waals surface area contributed by atoms with E-state index in [2.05, 4.69) is 5.32 Å². The molecule has 0 spiro atoms. The fraction of sp³-hybridized carbons (Fsp3) is 0.423. The maximum Gasteiger partial charge on any atom is 0.269 e. The van der Waals surface area contributed by atoms with Gasteiger partial charge in [-0.1, -0.05) is 62.2 Å². The van der Waals surface area contributed by atoms with Gasteiger partial charge in [-0.3, -0.25) is 14.4 Å². The fourth-order valence-electron chi connectivity index (χ4n) is 4.86. The van der Waals surface area contributed by atoms with Crippen molar-refractivity contribution in [2.75, 3.05) is 13.1 Å². The van der Waals surface area contributed by atoms with Crippen molar-refractivity contribution in [2.24, 2.45) is 0 Å². The molecule has 35 heavy (non-hydrogen) atoms. The van der Waals surface area contributed by atoms with Crippen LogP contribution in [0.1, 0.15) is 54.9 Å². The van der Waals surface area contributed by atoms with E-state index in [1.165, 1.54) is 17.0 Å². The van der Waals surface area contributed by atoms with E-state index in [1.807, 2.05) is 37.3 Å². The Kier molecular flexibility index (Phi) is 7.54. The molecule has 8 nitrogen and oxygen atoms in total. The van der Waals surface area contributed by atoms with E-state index in [1.54, 1.807) is 12.1 Å². The number of hydrogen-bond acceptors (Lipinski definition) is 5. The van der Waals surface area contributed by atoms with Crippen LogP contribution in [-0.2, 0) is 26.0 Å². The summed E-state index contributed by atoms with van der Waals surface area (Å²) in [6.07, 6.45) is 4.83. The van der Waals surface area contributed by atoms with Crippen LogP contribution in [0, 0.1) is 0 Å². The van der Waals surface area contributed by atoms with Gasteiger partial charge in [-0.05, 0) is 43.4 Å². The van der Waals surface area contributed by atoms with Gasteiger partial charge in [0.2, 0.25) is 11.8 Å². The van der Waals surface area contributed by atoms with Crippen LogP contribution in [0.3, 0.4) is 0 Å². The Bertz CT molecular complexity index is 1190. The molecule has 0 bridgehead atoms. The van der Waals surface area contributed by atoms with Gasteiger partial charge in [0.05, 0.1) is 5.56 Å².